The number of thioether (sulfide) groups is 1. The van der Waals surface area contributed by atoms with Gasteiger partial charge in [0.05, 0.1) is 5.57 Å². The third kappa shape index (κ3) is 6.41. The summed E-state index contributed by atoms with van der Waals surface area (Å²) in [7, 11) is 0. The predicted molar refractivity (Wildman–Crippen MR) is 173 cm³/mol. The van der Waals surface area contributed by atoms with E-state index in [0.29, 0.717) is 49.6 Å². The topological polar surface area (TPSA) is 81.1 Å². The second-order valence-electron chi connectivity index (χ2n) is 9.85. The minimum absolute atomic E-state index is 0.256. The molecule has 2 heterocycles. The van der Waals surface area contributed by atoms with Crippen LogP contribution in [0.3, 0.4) is 0 Å². The van der Waals surface area contributed by atoms with Crippen molar-refractivity contribution in [1.82, 2.24) is 14.8 Å². The molecule has 10 heteroatoms. The Morgan fingerprint density at radius 2 is 1.56 bits per heavy atom. The van der Waals surface area contributed by atoms with Crippen molar-refractivity contribution in [3.8, 4) is 5.75 Å². The number of rotatable bonds is 9. The number of halogens is 2. The van der Waals surface area contributed by atoms with Gasteiger partial charge in [0.2, 0.25) is 11.1 Å². The standard InChI is InChI=1S/C33H27Cl2N5O2S/c1-21-29(31(41)37-24-13-3-2-4-14-24)30(25-15-7-10-18-28(25)42-19-22-11-5-8-16-26(22)34)40-32(36-21)38-33(39-40)43-20-23-12-6-9-17-27(23)35/h2-18,30H,19-20H2,1H3,(H,37,41)(H,36,38,39). The van der Waals surface area contributed by atoms with Gasteiger partial charge in [-0.15, -0.1) is 5.10 Å². The van der Waals surface area contributed by atoms with Crippen molar-refractivity contribution in [3.05, 3.63) is 141 Å². The van der Waals surface area contributed by atoms with E-state index in [4.69, 9.17) is 38.0 Å². The minimum atomic E-state index is -0.621. The van der Waals surface area contributed by atoms with Gasteiger partial charge in [-0.25, -0.2) is 4.68 Å². The molecule has 7 nitrogen and oxygen atoms in total. The fourth-order valence-corrected chi connectivity index (χ4v) is 6.17. The molecule has 0 aliphatic carbocycles. The van der Waals surface area contributed by atoms with Gasteiger partial charge in [-0.2, -0.15) is 4.98 Å². The van der Waals surface area contributed by atoms with Crippen molar-refractivity contribution in [2.24, 2.45) is 0 Å². The van der Waals surface area contributed by atoms with Crippen molar-refractivity contribution in [1.29, 1.82) is 0 Å². The minimum Gasteiger partial charge on any atom is -0.488 e. The Bertz CT molecular complexity index is 1810. The number of allylic oxidation sites excluding steroid dienone is 1. The average Bonchev–Trinajstić information content (AvgIpc) is 3.42. The zero-order chi connectivity index (χ0) is 29.8. The van der Waals surface area contributed by atoms with Crippen LogP contribution in [0.4, 0.5) is 11.6 Å². The fraction of sp³-hybridized carbons (Fsp3) is 0.121. The molecule has 1 aromatic heterocycles. The van der Waals surface area contributed by atoms with Gasteiger partial charge in [-0.3, -0.25) is 4.79 Å². The Morgan fingerprint density at radius 3 is 2.30 bits per heavy atom. The van der Waals surface area contributed by atoms with Crippen LogP contribution < -0.4 is 15.4 Å². The molecular weight excluding hydrogens is 601 g/mol. The van der Waals surface area contributed by atoms with Crippen LogP contribution in [0, 0.1) is 0 Å². The number of nitrogens with zero attached hydrogens (tertiary/aromatic N) is 3. The summed E-state index contributed by atoms with van der Waals surface area (Å²) >= 11 is 14.3. The normalized spacial score (nSPS) is 14.2. The van der Waals surface area contributed by atoms with Gasteiger partial charge < -0.3 is 15.4 Å². The first-order chi connectivity index (χ1) is 21.0. The van der Waals surface area contributed by atoms with Gasteiger partial charge in [0.1, 0.15) is 18.4 Å². The Hall–Kier alpha value is -4.24. The fourth-order valence-electron chi connectivity index (χ4n) is 4.86. The molecule has 2 N–H and O–H groups in total. The maximum atomic E-state index is 13.9. The summed E-state index contributed by atoms with van der Waals surface area (Å²) < 4.78 is 8.09. The van der Waals surface area contributed by atoms with E-state index in [-0.39, 0.29) is 12.5 Å². The number of hydrogen-bond donors (Lipinski definition) is 2. The van der Waals surface area contributed by atoms with Crippen LogP contribution in [-0.2, 0) is 17.2 Å². The van der Waals surface area contributed by atoms with Crippen LogP contribution >= 0.6 is 35.0 Å². The lowest BCUT2D eigenvalue weighted by atomic mass is 9.94. The first kappa shape index (κ1) is 28.9. The van der Waals surface area contributed by atoms with Crippen LogP contribution in [0.1, 0.15) is 29.7 Å². The number of hydrogen-bond acceptors (Lipinski definition) is 6. The first-order valence-corrected chi connectivity index (χ1v) is 15.3. The third-order valence-corrected chi connectivity index (χ3v) is 8.60. The lowest BCUT2D eigenvalue weighted by Gasteiger charge is -2.29. The molecule has 0 bridgehead atoms. The highest BCUT2D eigenvalue weighted by atomic mass is 35.5. The van der Waals surface area contributed by atoms with Crippen LogP contribution in [-0.4, -0.2) is 20.7 Å². The van der Waals surface area contributed by atoms with E-state index < -0.39 is 6.04 Å². The number of anilines is 2. The molecule has 0 saturated carbocycles. The molecule has 1 amide bonds. The van der Waals surface area contributed by atoms with Crippen molar-refractivity contribution in [3.63, 3.8) is 0 Å². The molecule has 43 heavy (non-hydrogen) atoms. The monoisotopic (exact) mass is 627 g/mol. The number of nitrogens with one attached hydrogen (secondary N) is 2. The van der Waals surface area contributed by atoms with Gasteiger partial charge >= 0.3 is 0 Å². The zero-order valence-electron chi connectivity index (χ0n) is 23.1. The number of carbonyl (C=O) groups excluding carboxylic acids is 1. The summed E-state index contributed by atoms with van der Waals surface area (Å²) in [6, 6.07) is 31.7. The Labute approximate surface area is 263 Å². The molecule has 4 aromatic carbocycles. The van der Waals surface area contributed by atoms with E-state index in [2.05, 4.69) is 10.6 Å². The van der Waals surface area contributed by atoms with E-state index in [1.54, 1.807) is 4.68 Å². The number of fused-ring (bicyclic) bond motifs is 1. The van der Waals surface area contributed by atoms with E-state index in [1.807, 2.05) is 110 Å². The summed E-state index contributed by atoms with van der Waals surface area (Å²) in [6.45, 7) is 2.13. The average molecular weight is 629 g/mol. The van der Waals surface area contributed by atoms with Gasteiger partial charge in [0, 0.05) is 38.3 Å². The number of amides is 1. The van der Waals surface area contributed by atoms with Crippen molar-refractivity contribution >= 4 is 52.5 Å². The highest BCUT2D eigenvalue weighted by molar-refractivity contribution is 7.98. The molecule has 1 atom stereocenters. The van der Waals surface area contributed by atoms with Crippen molar-refractivity contribution < 1.29 is 9.53 Å². The highest BCUT2D eigenvalue weighted by Crippen LogP contribution is 2.41. The maximum absolute atomic E-state index is 13.9. The quantitative estimate of drug-likeness (QED) is 0.160. The molecule has 216 valence electrons. The molecule has 0 spiro atoms. The SMILES string of the molecule is CC1=C(C(=O)Nc2ccccc2)C(c2ccccc2OCc2ccccc2Cl)n2nc(SCc3ccccc3Cl)nc2N1. The summed E-state index contributed by atoms with van der Waals surface area (Å²) in [4.78, 5) is 18.7. The Balaban J connectivity index is 1.37. The van der Waals surface area contributed by atoms with Crippen molar-refractivity contribution in [2.75, 3.05) is 10.6 Å². The molecule has 1 aliphatic rings. The van der Waals surface area contributed by atoms with E-state index in [9.17, 15) is 4.79 Å². The summed E-state index contributed by atoms with van der Waals surface area (Å²) in [5.74, 6) is 1.48. The van der Waals surface area contributed by atoms with Crippen LogP contribution in [0.25, 0.3) is 0 Å². The molecule has 0 radical (unpaired) electrons. The largest absolute Gasteiger partial charge is 0.488 e. The van der Waals surface area contributed by atoms with Gasteiger partial charge in [-0.1, -0.05) is 108 Å². The molecule has 6 rings (SSSR count). The van der Waals surface area contributed by atoms with E-state index in [1.165, 1.54) is 11.8 Å². The van der Waals surface area contributed by atoms with Gasteiger partial charge in [0.25, 0.3) is 5.91 Å². The summed E-state index contributed by atoms with van der Waals surface area (Å²) in [5.41, 5.74) is 4.47. The second-order valence-corrected chi connectivity index (χ2v) is 11.6. The van der Waals surface area contributed by atoms with Gasteiger partial charge in [-0.05, 0) is 42.8 Å². The smallest absolute Gasteiger partial charge is 0.255 e. The Morgan fingerprint density at radius 1 is 0.907 bits per heavy atom. The predicted octanol–water partition coefficient (Wildman–Crippen LogP) is 8.38. The zero-order valence-corrected chi connectivity index (χ0v) is 25.5. The van der Waals surface area contributed by atoms with E-state index >= 15 is 0 Å². The number of para-hydroxylation sites is 2. The number of aromatic nitrogens is 3. The molecule has 1 unspecified atom stereocenters. The lowest BCUT2D eigenvalue weighted by molar-refractivity contribution is -0.113. The molecule has 0 fully saturated rings. The number of ether oxygens (including phenoxy) is 1. The lowest BCUT2D eigenvalue weighted by Crippen LogP contribution is -2.31. The number of carbonyl (C=O) groups is 1. The molecule has 1 aliphatic heterocycles. The van der Waals surface area contributed by atoms with Crippen molar-refractivity contribution in [2.45, 2.75) is 30.5 Å². The highest BCUT2D eigenvalue weighted by Gasteiger charge is 2.36. The van der Waals surface area contributed by atoms with Gasteiger partial charge in [0.15, 0.2) is 0 Å². The molecular formula is C33H27Cl2N5O2S. The molecule has 0 saturated heterocycles. The third-order valence-electron chi connectivity index (χ3n) is 6.98. The summed E-state index contributed by atoms with van der Waals surface area (Å²) in [6.07, 6.45) is 0. The molecule has 5 aromatic rings. The van der Waals surface area contributed by atoms with Crippen LogP contribution in [0.15, 0.2) is 120 Å². The maximum Gasteiger partial charge on any atom is 0.255 e. The first-order valence-electron chi connectivity index (χ1n) is 13.6. The second kappa shape index (κ2) is 13.0. The summed E-state index contributed by atoms with van der Waals surface area (Å²) in [5, 5.41) is 13.1. The number of benzene rings is 4. The van der Waals surface area contributed by atoms with Crippen LogP contribution in [0.5, 0.6) is 5.75 Å². The van der Waals surface area contributed by atoms with E-state index in [0.717, 1.165) is 16.7 Å². The van der Waals surface area contributed by atoms with Crippen LogP contribution in [0.2, 0.25) is 10.0 Å². The Kier molecular flexibility index (Phi) is 8.69.